The molecule has 168 valence electrons. The normalized spacial score (nSPS) is 12.2. The predicted octanol–water partition coefficient (Wildman–Crippen LogP) is 1.99. The molecule has 0 bridgehead atoms. The molecule has 0 spiro atoms. The van der Waals surface area contributed by atoms with Crippen molar-refractivity contribution in [3.63, 3.8) is 0 Å². The maximum Gasteiger partial charge on any atom is 0.338 e. The first-order chi connectivity index (χ1) is 15.9. The number of aromatic nitrogens is 3. The lowest BCUT2D eigenvalue weighted by Crippen LogP contribution is -2.34. The molecule has 33 heavy (non-hydrogen) atoms. The maximum absolute atomic E-state index is 12.4. The Morgan fingerprint density at radius 3 is 2.88 bits per heavy atom. The third-order valence-electron chi connectivity index (χ3n) is 5.88. The fraction of sp³-hybridized carbons (Fsp3) is 0.292. The number of carbonyl (C=O) groups is 2. The number of fused-ring (bicyclic) bond motifs is 1. The minimum absolute atomic E-state index is 0.273. The van der Waals surface area contributed by atoms with E-state index in [2.05, 4.69) is 16.2 Å². The van der Waals surface area contributed by atoms with E-state index < -0.39 is 6.61 Å². The molecule has 4 rings (SSSR count). The van der Waals surface area contributed by atoms with Crippen LogP contribution in [0.5, 0.6) is 0 Å². The first kappa shape index (κ1) is 22.2. The Morgan fingerprint density at radius 2 is 2.15 bits per heavy atom. The van der Waals surface area contributed by atoms with Crippen molar-refractivity contribution in [3.05, 3.63) is 75.7 Å². The van der Waals surface area contributed by atoms with Crippen LogP contribution in [-0.4, -0.2) is 49.8 Å². The summed E-state index contributed by atoms with van der Waals surface area (Å²) < 4.78 is 6.70. The van der Waals surface area contributed by atoms with Crippen molar-refractivity contribution in [1.82, 2.24) is 19.7 Å². The Balaban J connectivity index is 1.48. The van der Waals surface area contributed by atoms with Crippen LogP contribution in [0.15, 0.2) is 36.8 Å². The average Bonchev–Trinajstić information content (AvgIpc) is 3.44. The Morgan fingerprint density at radius 1 is 1.33 bits per heavy atom. The molecule has 3 heterocycles. The van der Waals surface area contributed by atoms with Gasteiger partial charge in [0.05, 0.1) is 17.3 Å². The summed E-state index contributed by atoms with van der Waals surface area (Å²) in [6, 6.07) is 7.52. The number of benzene rings is 1. The van der Waals surface area contributed by atoms with Crippen LogP contribution in [0.25, 0.3) is 5.82 Å². The minimum atomic E-state index is -0.587. The second kappa shape index (κ2) is 9.22. The van der Waals surface area contributed by atoms with Gasteiger partial charge in [-0.1, -0.05) is 6.07 Å². The number of aryl methyl sites for hydroxylation is 1. The molecule has 0 saturated carbocycles. The van der Waals surface area contributed by atoms with Gasteiger partial charge in [-0.2, -0.15) is 10.4 Å². The number of esters is 1. The molecule has 0 fully saturated rings. The van der Waals surface area contributed by atoms with Crippen LogP contribution in [0, 0.1) is 25.2 Å². The third-order valence-corrected chi connectivity index (χ3v) is 5.88. The highest BCUT2D eigenvalue weighted by atomic mass is 16.5. The fourth-order valence-corrected chi connectivity index (χ4v) is 3.89. The van der Waals surface area contributed by atoms with Gasteiger partial charge in [0.2, 0.25) is 5.91 Å². The van der Waals surface area contributed by atoms with Gasteiger partial charge in [-0.05, 0) is 49.1 Å². The van der Waals surface area contributed by atoms with Crippen LogP contribution in [-0.2, 0) is 29.1 Å². The van der Waals surface area contributed by atoms with Crippen LogP contribution in [0.4, 0.5) is 0 Å². The Hall–Kier alpha value is -4.03. The summed E-state index contributed by atoms with van der Waals surface area (Å²) in [7, 11) is 0. The van der Waals surface area contributed by atoms with E-state index in [1.165, 1.54) is 6.20 Å². The molecule has 0 aliphatic carbocycles. The molecule has 1 amide bonds. The number of amides is 1. The molecule has 3 aromatic rings. The van der Waals surface area contributed by atoms with Crippen LogP contribution in [0.1, 0.15) is 43.7 Å². The van der Waals surface area contributed by atoms with Gasteiger partial charge in [0.25, 0.3) is 0 Å². The highest BCUT2D eigenvalue weighted by Crippen LogP contribution is 2.26. The maximum atomic E-state index is 12.4. The quantitative estimate of drug-likeness (QED) is 0.552. The van der Waals surface area contributed by atoms with Crippen LogP contribution < -0.4 is 0 Å². The number of nitriles is 1. The van der Waals surface area contributed by atoms with Gasteiger partial charge in [-0.3, -0.25) is 4.79 Å². The summed E-state index contributed by atoms with van der Waals surface area (Å²) in [6.07, 6.45) is 5.50. The van der Waals surface area contributed by atoms with Gasteiger partial charge in [0, 0.05) is 36.6 Å². The van der Waals surface area contributed by atoms with E-state index in [0.29, 0.717) is 29.9 Å². The lowest BCUT2D eigenvalue weighted by molar-refractivity contribution is -0.134. The molecule has 1 N–H and O–H groups in total. The highest BCUT2D eigenvalue weighted by molar-refractivity contribution is 5.93. The zero-order valence-corrected chi connectivity index (χ0v) is 18.4. The third kappa shape index (κ3) is 4.47. The first-order valence-electron chi connectivity index (χ1n) is 10.5. The lowest BCUT2D eigenvalue weighted by Gasteiger charge is -2.22. The molecule has 2 aromatic heterocycles. The van der Waals surface area contributed by atoms with Gasteiger partial charge in [0.1, 0.15) is 19.3 Å². The number of ether oxygens (including phenoxy) is 1. The van der Waals surface area contributed by atoms with Crippen LogP contribution in [0.2, 0.25) is 0 Å². The average molecular weight is 445 g/mol. The van der Waals surface area contributed by atoms with E-state index in [4.69, 9.17) is 10.00 Å². The Labute approximate surface area is 190 Å². The van der Waals surface area contributed by atoms with Crippen molar-refractivity contribution in [1.29, 1.82) is 5.26 Å². The van der Waals surface area contributed by atoms with Gasteiger partial charge in [-0.25, -0.2) is 14.5 Å². The molecule has 9 nitrogen and oxygen atoms in total. The molecule has 0 saturated heterocycles. The molecular formula is C24H23N5O4. The van der Waals surface area contributed by atoms with Crippen molar-refractivity contribution in [2.24, 2.45) is 0 Å². The van der Waals surface area contributed by atoms with E-state index in [1.54, 1.807) is 34.1 Å². The number of cyclic esters (lactones) is 1. The van der Waals surface area contributed by atoms with Gasteiger partial charge in [0.15, 0.2) is 5.82 Å². The molecule has 9 heteroatoms. The van der Waals surface area contributed by atoms with Crippen molar-refractivity contribution in [3.8, 4) is 11.9 Å². The number of nitrogens with zero attached hydrogens (tertiary/aromatic N) is 5. The lowest BCUT2D eigenvalue weighted by atomic mass is 9.96. The monoisotopic (exact) mass is 445 g/mol. The molecule has 0 atom stereocenters. The highest BCUT2D eigenvalue weighted by Gasteiger charge is 2.24. The number of pyridine rings is 1. The van der Waals surface area contributed by atoms with E-state index in [9.17, 15) is 14.7 Å². The largest absolute Gasteiger partial charge is 0.457 e. The smallest absolute Gasteiger partial charge is 0.338 e. The van der Waals surface area contributed by atoms with E-state index in [0.717, 1.165) is 27.8 Å². The SMILES string of the molecule is Cc1cc(-n2cc(CN(CCc3ccc4c(c3C)COC4=O)C(=O)CO)cn2)ncc1C#N. The van der Waals surface area contributed by atoms with Crippen LogP contribution in [0.3, 0.4) is 0 Å². The summed E-state index contributed by atoms with van der Waals surface area (Å²) in [6.45, 7) is 4.14. The summed E-state index contributed by atoms with van der Waals surface area (Å²) in [5.74, 6) is -0.114. The van der Waals surface area contributed by atoms with Crippen molar-refractivity contribution in [2.75, 3.05) is 13.2 Å². The van der Waals surface area contributed by atoms with Crippen molar-refractivity contribution >= 4 is 11.9 Å². The Kier molecular flexibility index (Phi) is 6.20. The standard InChI is InChI=1S/C24H23N5O4/c1-15-7-22(26-10-19(15)8-25)29-12-17(9-27-29)11-28(23(31)13-30)6-5-18-3-4-20-21(16(18)2)14-33-24(20)32/h3-4,7,9-10,12,30H,5-6,11,13-14H2,1-2H3. The summed E-state index contributed by atoms with van der Waals surface area (Å²) in [5, 5.41) is 22.9. The summed E-state index contributed by atoms with van der Waals surface area (Å²) in [5.41, 5.74) is 5.59. The van der Waals surface area contributed by atoms with Crippen molar-refractivity contribution < 1.29 is 19.4 Å². The number of aliphatic hydroxyl groups excluding tert-OH is 1. The molecule has 1 aromatic carbocycles. The number of rotatable bonds is 7. The molecule has 0 radical (unpaired) electrons. The molecule has 0 unspecified atom stereocenters. The second-order valence-corrected chi connectivity index (χ2v) is 7.94. The molecular weight excluding hydrogens is 422 g/mol. The second-order valence-electron chi connectivity index (χ2n) is 7.94. The predicted molar refractivity (Wildman–Crippen MR) is 117 cm³/mol. The van der Waals surface area contributed by atoms with E-state index in [1.807, 2.05) is 19.9 Å². The summed E-state index contributed by atoms with van der Waals surface area (Å²) >= 11 is 0. The number of hydrogen-bond acceptors (Lipinski definition) is 7. The summed E-state index contributed by atoms with van der Waals surface area (Å²) in [4.78, 5) is 30.0. The van der Waals surface area contributed by atoms with E-state index in [-0.39, 0.29) is 25.0 Å². The number of hydrogen-bond donors (Lipinski definition) is 1. The van der Waals surface area contributed by atoms with Gasteiger partial charge >= 0.3 is 5.97 Å². The zero-order chi connectivity index (χ0) is 23.5. The molecule has 1 aliphatic rings. The fourth-order valence-electron chi connectivity index (χ4n) is 3.89. The van der Waals surface area contributed by atoms with Crippen LogP contribution >= 0.6 is 0 Å². The topological polar surface area (TPSA) is 121 Å². The number of aliphatic hydroxyl groups is 1. The molecule has 1 aliphatic heterocycles. The Bertz CT molecular complexity index is 1270. The first-order valence-corrected chi connectivity index (χ1v) is 10.5. The van der Waals surface area contributed by atoms with E-state index >= 15 is 0 Å². The van der Waals surface area contributed by atoms with Gasteiger partial charge < -0.3 is 14.7 Å². The van der Waals surface area contributed by atoms with Gasteiger partial charge in [-0.15, -0.1) is 0 Å². The minimum Gasteiger partial charge on any atom is -0.457 e. The number of carbonyl (C=O) groups excluding carboxylic acids is 2. The van der Waals surface area contributed by atoms with Crippen molar-refractivity contribution in [2.45, 2.75) is 33.4 Å². The zero-order valence-electron chi connectivity index (χ0n) is 18.4.